The molecule has 0 saturated heterocycles. The smallest absolute Gasteiger partial charge is 0.358 e. The van der Waals surface area contributed by atoms with Crippen LogP contribution >= 0.6 is 0 Å². The fraction of sp³-hybridized carbons (Fsp3) is 0.143. The van der Waals surface area contributed by atoms with Crippen molar-refractivity contribution in [3.05, 3.63) is 36.0 Å². The normalized spacial score (nSPS) is 11.6. The van der Waals surface area contributed by atoms with E-state index in [0.29, 0.717) is 5.82 Å². The minimum absolute atomic E-state index is 0.0789. The van der Waals surface area contributed by atoms with Crippen LogP contribution in [0.5, 0.6) is 5.75 Å². The zero-order valence-corrected chi connectivity index (χ0v) is 13.9. The minimum atomic E-state index is -4.11. The number of hydrogen-bond donors (Lipinski definition) is 3. The molecular weight excluding hydrogens is 350 g/mol. The largest absolute Gasteiger partial charge is 0.504 e. The fourth-order valence-electron chi connectivity index (χ4n) is 2.18. The number of aromatic nitrogens is 4. The summed E-state index contributed by atoms with van der Waals surface area (Å²) in [5, 5.41) is 19.1. The Morgan fingerprint density at radius 1 is 1.32 bits per heavy atom. The van der Waals surface area contributed by atoms with Crippen molar-refractivity contribution in [1.82, 2.24) is 19.5 Å². The van der Waals surface area contributed by atoms with E-state index in [-0.39, 0.29) is 21.7 Å². The molecule has 3 heterocycles. The van der Waals surface area contributed by atoms with Gasteiger partial charge in [-0.2, -0.15) is 8.42 Å². The Kier molecular flexibility index (Phi) is 3.80. The highest BCUT2D eigenvalue weighted by atomic mass is 32.2. The van der Waals surface area contributed by atoms with Crippen molar-refractivity contribution in [3.8, 4) is 5.75 Å². The summed E-state index contributed by atoms with van der Waals surface area (Å²) in [7, 11) is -2.47. The van der Waals surface area contributed by atoms with Crippen molar-refractivity contribution < 1.29 is 23.4 Å². The Morgan fingerprint density at radius 3 is 2.64 bits per heavy atom. The molecule has 3 N–H and O–H groups in total. The van der Waals surface area contributed by atoms with E-state index >= 15 is 0 Å². The second-order valence-corrected chi connectivity index (χ2v) is 6.83. The highest BCUT2D eigenvalue weighted by Gasteiger charge is 2.24. The molecule has 0 aromatic carbocycles. The summed E-state index contributed by atoms with van der Waals surface area (Å²) in [6.07, 6.45) is 2.66. The van der Waals surface area contributed by atoms with E-state index in [9.17, 15) is 18.3 Å². The molecule has 11 heteroatoms. The van der Waals surface area contributed by atoms with Crippen LogP contribution in [-0.4, -0.2) is 44.1 Å². The Hall–Kier alpha value is -3.21. The van der Waals surface area contributed by atoms with Crippen LogP contribution in [0, 0.1) is 6.92 Å². The van der Waals surface area contributed by atoms with Crippen LogP contribution in [0.25, 0.3) is 10.9 Å². The lowest BCUT2D eigenvalue weighted by molar-refractivity contribution is 0.0687. The van der Waals surface area contributed by atoms with Crippen molar-refractivity contribution in [3.63, 3.8) is 0 Å². The average Bonchev–Trinajstić information content (AvgIpc) is 2.90. The molecule has 0 radical (unpaired) electrons. The molecule has 130 valence electrons. The van der Waals surface area contributed by atoms with Gasteiger partial charge in [0.1, 0.15) is 11.3 Å². The highest BCUT2D eigenvalue weighted by Crippen LogP contribution is 2.31. The van der Waals surface area contributed by atoms with Crippen LogP contribution in [0.3, 0.4) is 0 Å². The number of rotatable bonds is 4. The molecule has 0 aliphatic rings. The summed E-state index contributed by atoms with van der Waals surface area (Å²) in [6, 6.07) is 2.97. The lowest BCUT2D eigenvalue weighted by atomic mass is 10.2. The maximum absolute atomic E-state index is 12.5. The maximum atomic E-state index is 12.5. The van der Waals surface area contributed by atoms with Gasteiger partial charge in [-0.15, -0.1) is 0 Å². The number of carbonyl (C=O) groups is 1. The molecular formula is C14H13N5O5S. The van der Waals surface area contributed by atoms with Gasteiger partial charge in [0.2, 0.25) is 0 Å². The molecule has 0 amide bonds. The van der Waals surface area contributed by atoms with Gasteiger partial charge >= 0.3 is 5.97 Å². The molecule has 0 aliphatic heterocycles. The fourth-order valence-corrected chi connectivity index (χ4v) is 3.25. The van der Waals surface area contributed by atoms with Gasteiger partial charge in [-0.25, -0.2) is 14.8 Å². The summed E-state index contributed by atoms with van der Waals surface area (Å²) < 4.78 is 28.8. The number of carboxylic acids is 1. The third-order valence-electron chi connectivity index (χ3n) is 3.53. The molecule has 0 bridgehead atoms. The molecule has 0 aliphatic carbocycles. The first kappa shape index (κ1) is 16.6. The number of aryl methyl sites for hydroxylation is 2. The van der Waals surface area contributed by atoms with Gasteiger partial charge < -0.3 is 14.8 Å². The van der Waals surface area contributed by atoms with E-state index in [1.54, 1.807) is 14.0 Å². The summed E-state index contributed by atoms with van der Waals surface area (Å²) in [6.45, 7) is 1.64. The molecule has 3 rings (SSSR count). The first-order valence-corrected chi connectivity index (χ1v) is 8.43. The number of nitrogens with one attached hydrogen (secondary N) is 1. The van der Waals surface area contributed by atoms with Gasteiger partial charge in [0, 0.05) is 24.8 Å². The average molecular weight is 363 g/mol. The van der Waals surface area contributed by atoms with Crippen LogP contribution in [0.15, 0.2) is 29.6 Å². The first-order chi connectivity index (χ1) is 11.7. The van der Waals surface area contributed by atoms with Crippen molar-refractivity contribution in [2.75, 3.05) is 4.72 Å². The highest BCUT2D eigenvalue weighted by molar-refractivity contribution is 7.92. The minimum Gasteiger partial charge on any atom is -0.504 e. The Bertz CT molecular complexity index is 1090. The molecule has 25 heavy (non-hydrogen) atoms. The number of aromatic hydroxyl groups is 1. The number of fused-ring (bicyclic) bond motifs is 1. The number of imidazole rings is 1. The van der Waals surface area contributed by atoms with Crippen LogP contribution in [0.4, 0.5) is 5.82 Å². The number of nitrogens with zero attached hydrogens (tertiary/aromatic N) is 4. The van der Waals surface area contributed by atoms with Gasteiger partial charge in [-0.3, -0.25) is 9.71 Å². The van der Waals surface area contributed by atoms with Crippen molar-refractivity contribution in [2.45, 2.75) is 11.9 Å². The Morgan fingerprint density at radius 2 is 2.04 bits per heavy atom. The van der Waals surface area contributed by atoms with E-state index in [4.69, 9.17) is 5.11 Å². The molecule has 0 atom stereocenters. The zero-order chi connectivity index (χ0) is 18.4. The molecule has 0 saturated carbocycles. The third kappa shape index (κ3) is 2.85. The van der Waals surface area contributed by atoms with Gasteiger partial charge in [-0.05, 0) is 19.1 Å². The predicted molar refractivity (Wildman–Crippen MR) is 86.9 cm³/mol. The molecule has 10 nitrogen and oxygen atoms in total. The second kappa shape index (κ2) is 5.70. The van der Waals surface area contributed by atoms with Crippen LogP contribution in [0.1, 0.15) is 16.3 Å². The van der Waals surface area contributed by atoms with Crippen molar-refractivity contribution in [1.29, 1.82) is 0 Å². The standard InChI is InChI=1S/C14H13N5O5S/c1-7-16-9(6-19(7)2)25(23,24)18-13-8-4-3-5-15-10(8)12(20)11(17-13)14(21)22/h3-6,20H,1-2H3,(H,17,18)(H,21,22). The van der Waals surface area contributed by atoms with Crippen LogP contribution in [0.2, 0.25) is 0 Å². The summed E-state index contributed by atoms with van der Waals surface area (Å²) in [5.74, 6) is -1.93. The van der Waals surface area contributed by atoms with Gasteiger partial charge in [0.15, 0.2) is 22.3 Å². The molecule has 0 fully saturated rings. The van der Waals surface area contributed by atoms with Crippen molar-refractivity contribution in [2.24, 2.45) is 7.05 Å². The Balaban J connectivity index is 2.18. The third-order valence-corrected chi connectivity index (χ3v) is 4.74. The number of carboxylic acid groups (broad SMARTS) is 1. The quantitative estimate of drug-likeness (QED) is 0.619. The summed E-state index contributed by atoms with van der Waals surface area (Å²) in [4.78, 5) is 22.8. The summed E-state index contributed by atoms with van der Waals surface area (Å²) in [5.41, 5.74) is -0.786. The second-order valence-electron chi connectivity index (χ2n) is 5.21. The van der Waals surface area contributed by atoms with E-state index in [2.05, 4.69) is 19.7 Å². The lowest BCUT2D eigenvalue weighted by Gasteiger charge is -2.10. The molecule has 3 aromatic heterocycles. The lowest BCUT2D eigenvalue weighted by Crippen LogP contribution is -2.16. The summed E-state index contributed by atoms with van der Waals surface area (Å²) >= 11 is 0. The van der Waals surface area contributed by atoms with Gasteiger partial charge in [0.25, 0.3) is 10.0 Å². The molecule has 3 aromatic rings. The van der Waals surface area contributed by atoms with Gasteiger partial charge in [-0.1, -0.05) is 0 Å². The number of anilines is 1. The predicted octanol–water partition coefficient (Wildman–Crippen LogP) is 0.876. The molecule has 0 spiro atoms. The van der Waals surface area contributed by atoms with E-state index < -0.39 is 27.4 Å². The first-order valence-electron chi connectivity index (χ1n) is 6.94. The van der Waals surface area contributed by atoms with Gasteiger partial charge in [0.05, 0.1) is 0 Å². The zero-order valence-electron chi connectivity index (χ0n) is 13.1. The van der Waals surface area contributed by atoms with Crippen LogP contribution < -0.4 is 4.72 Å². The number of hydrogen-bond acceptors (Lipinski definition) is 7. The Labute approximate surface area is 141 Å². The van der Waals surface area contributed by atoms with Crippen molar-refractivity contribution >= 4 is 32.7 Å². The molecule has 0 unspecified atom stereocenters. The number of aromatic carboxylic acids is 1. The van der Waals surface area contributed by atoms with E-state index in [1.165, 1.54) is 29.1 Å². The SMILES string of the molecule is Cc1nc(S(=O)(=O)Nc2nc(C(=O)O)c(O)c3ncccc23)cn1C. The number of pyridine rings is 2. The van der Waals surface area contributed by atoms with Crippen LogP contribution in [-0.2, 0) is 17.1 Å². The van der Waals surface area contributed by atoms with E-state index in [0.717, 1.165) is 0 Å². The monoisotopic (exact) mass is 363 g/mol. The van der Waals surface area contributed by atoms with E-state index in [1.807, 2.05) is 0 Å². The maximum Gasteiger partial charge on any atom is 0.358 e. The topological polar surface area (TPSA) is 147 Å². The number of sulfonamides is 1.